The first-order valence-electron chi connectivity index (χ1n) is 8.69. The Kier molecular flexibility index (Phi) is 18.4. The van der Waals surface area contributed by atoms with Gasteiger partial charge in [-0.2, -0.15) is 0 Å². The molecule has 0 rings (SSSR count). The number of carboxylic acid groups (broad SMARTS) is 2. The molecular formula is C17H30NNaO5. The van der Waals surface area contributed by atoms with Gasteiger partial charge in [0.15, 0.2) is 0 Å². The van der Waals surface area contributed by atoms with E-state index in [0.717, 1.165) is 19.3 Å². The average molecular weight is 351 g/mol. The molecule has 0 aliphatic rings. The zero-order valence-electron chi connectivity index (χ0n) is 15.1. The van der Waals surface area contributed by atoms with Crippen LogP contribution in [0.15, 0.2) is 0 Å². The molecule has 0 saturated carbocycles. The van der Waals surface area contributed by atoms with Crippen molar-refractivity contribution in [2.45, 2.75) is 90.0 Å². The first kappa shape index (κ1) is 25.6. The number of carboxylic acids is 2. The molecule has 0 aromatic rings. The largest absolute Gasteiger partial charge is 1.00 e. The van der Waals surface area contributed by atoms with Crippen LogP contribution in [0.1, 0.15) is 84.0 Å². The first-order chi connectivity index (χ1) is 11.0. The summed E-state index contributed by atoms with van der Waals surface area (Å²) in [7, 11) is 0. The van der Waals surface area contributed by atoms with E-state index in [4.69, 9.17) is 5.11 Å². The van der Waals surface area contributed by atoms with Gasteiger partial charge in [-0.1, -0.05) is 58.3 Å². The van der Waals surface area contributed by atoms with Crippen LogP contribution in [0.25, 0.3) is 0 Å². The number of carbonyl (C=O) groups excluding carboxylic acids is 2. The van der Waals surface area contributed by atoms with E-state index in [1.165, 1.54) is 38.5 Å². The molecule has 24 heavy (non-hydrogen) atoms. The van der Waals surface area contributed by atoms with Gasteiger partial charge in [0, 0.05) is 12.8 Å². The van der Waals surface area contributed by atoms with Crippen molar-refractivity contribution < 1.29 is 54.2 Å². The van der Waals surface area contributed by atoms with Crippen molar-refractivity contribution in [3.05, 3.63) is 0 Å². The zero-order chi connectivity index (χ0) is 17.5. The summed E-state index contributed by atoms with van der Waals surface area (Å²) in [4.78, 5) is 33.0. The SMILES string of the molecule is CCCCCCCCCCCC(=O)NC(CCC(=O)O)C(=O)[O-].[Na+]. The van der Waals surface area contributed by atoms with Crippen LogP contribution in [0.5, 0.6) is 0 Å². The van der Waals surface area contributed by atoms with Crippen LogP contribution in [0, 0.1) is 0 Å². The van der Waals surface area contributed by atoms with Crippen molar-refractivity contribution in [1.29, 1.82) is 0 Å². The summed E-state index contributed by atoms with van der Waals surface area (Å²) in [5.41, 5.74) is 0. The summed E-state index contributed by atoms with van der Waals surface area (Å²) in [6, 6.07) is -1.22. The van der Waals surface area contributed by atoms with Crippen molar-refractivity contribution in [3.8, 4) is 0 Å². The standard InChI is InChI=1S/C17H31NO5.Na/c1-2-3-4-5-6-7-8-9-10-11-15(19)18-14(17(22)23)12-13-16(20)21;/h14H,2-13H2,1H3,(H,18,19)(H,20,21)(H,22,23);/q;+1/p-1. The van der Waals surface area contributed by atoms with E-state index in [-0.39, 0.29) is 54.7 Å². The maximum Gasteiger partial charge on any atom is 1.00 e. The van der Waals surface area contributed by atoms with Crippen LogP contribution >= 0.6 is 0 Å². The Morgan fingerprint density at radius 2 is 1.42 bits per heavy atom. The van der Waals surface area contributed by atoms with Crippen LogP contribution in [-0.2, 0) is 14.4 Å². The first-order valence-corrected chi connectivity index (χ1v) is 8.69. The number of hydrogen-bond donors (Lipinski definition) is 2. The summed E-state index contributed by atoms with van der Waals surface area (Å²) in [5, 5.41) is 21.7. The van der Waals surface area contributed by atoms with Gasteiger partial charge in [0.25, 0.3) is 0 Å². The van der Waals surface area contributed by atoms with Gasteiger partial charge in [-0.3, -0.25) is 9.59 Å². The predicted molar refractivity (Wildman–Crippen MR) is 85.7 cm³/mol. The Morgan fingerprint density at radius 3 is 1.88 bits per heavy atom. The minimum absolute atomic E-state index is 0. The van der Waals surface area contributed by atoms with Crippen molar-refractivity contribution in [2.24, 2.45) is 0 Å². The van der Waals surface area contributed by atoms with Crippen molar-refractivity contribution in [1.82, 2.24) is 5.32 Å². The Balaban J connectivity index is 0. The van der Waals surface area contributed by atoms with Gasteiger partial charge < -0.3 is 20.3 Å². The Morgan fingerprint density at radius 1 is 0.917 bits per heavy atom. The van der Waals surface area contributed by atoms with Crippen LogP contribution in [-0.4, -0.2) is 29.0 Å². The molecule has 0 heterocycles. The van der Waals surface area contributed by atoms with Crippen molar-refractivity contribution in [2.75, 3.05) is 0 Å². The summed E-state index contributed by atoms with van der Waals surface area (Å²) >= 11 is 0. The maximum absolute atomic E-state index is 11.7. The predicted octanol–water partition coefficient (Wildman–Crippen LogP) is -0.989. The number of amides is 1. The minimum Gasteiger partial charge on any atom is -0.548 e. The molecule has 0 fully saturated rings. The van der Waals surface area contributed by atoms with Gasteiger partial charge in [0.2, 0.25) is 5.91 Å². The Labute approximate surface area is 167 Å². The van der Waals surface area contributed by atoms with Gasteiger partial charge in [0.05, 0.1) is 12.0 Å². The smallest absolute Gasteiger partial charge is 0.548 e. The quantitative estimate of drug-likeness (QED) is 0.291. The van der Waals surface area contributed by atoms with Crippen LogP contribution in [0.3, 0.4) is 0 Å². The second-order valence-electron chi connectivity index (χ2n) is 5.95. The van der Waals surface area contributed by atoms with Gasteiger partial charge in [-0.05, 0) is 12.8 Å². The number of rotatable bonds is 15. The van der Waals surface area contributed by atoms with E-state index in [1.807, 2.05) is 0 Å². The van der Waals surface area contributed by atoms with Gasteiger partial charge in [-0.25, -0.2) is 0 Å². The number of nitrogens with one attached hydrogen (secondary N) is 1. The summed E-state index contributed by atoms with van der Waals surface area (Å²) in [5.74, 6) is -2.89. The Hall–Kier alpha value is -0.590. The van der Waals surface area contributed by atoms with Gasteiger partial charge >= 0.3 is 35.5 Å². The monoisotopic (exact) mass is 351 g/mol. The zero-order valence-corrected chi connectivity index (χ0v) is 17.1. The van der Waals surface area contributed by atoms with Crippen LogP contribution in [0.2, 0.25) is 0 Å². The fourth-order valence-electron chi connectivity index (χ4n) is 2.38. The summed E-state index contributed by atoms with van der Waals surface area (Å²) < 4.78 is 0. The fraction of sp³-hybridized carbons (Fsp3) is 0.824. The summed E-state index contributed by atoms with van der Waals surface area (Å²) in [6.45, 7) is 2.19. The third kappa shape index (κ3) is 16.3. The molecule has 1 amide bonds. The summed E-state index contributed by atoms with van der Waals surface area (Å²) in [6.07, 6.45) is 10.1. The molecule has 0 saturated heterocycles. The molecule has 0 radical (unpaired) electrons. The molecule has 0 aromatic carbocycles. The number of unbranched alkanes of at least 4 members (excludes halogenated alkanes) is 8. The normalized spacial score (nSPS) is 11.4. The molecule has 0 aliphatic heterocycles. The molecule has 0 spiro atoms. The number of hydrogen-bond acceptors (Lipinski definition) is 4. The van der Waals surface area contributed by atoms with E-state index >= 15 is 0 Å². The Bertz CT molecular complexity index is 363. The molecule has 7 heteroatoms. The van der Waals surface area contributed by atoms with Crippen LogP contribution < -0.4 is 40.0 Å². The van der Waals surface area contributed by atoms with E-state index in [2.05, 4.69) is 12.2 Å². The van der Waals surface area contributed by atoms with Crippen molar-refractivity contribution >= 4 is 17.8 Å². The second kappa shape index (κ2) is 17.2. The number of aliphatic carboxylic acids is 2. The third-order valence-corrected chi connectivity index (χ3v) is 3.77. The molecule has 0 aromatic heterocycles. The van der Waals surface area contributed by atoms with E-state index in [0.29, 0.717) is 0 Å². The molecule has 0 aliphatic carbocycles. The number of carbonyl (C=O) groups is 3. The molecule has 6 nitrogen and oxygen atoms in total. The fourth-order valence-corrected chi connectivity index (χ4v) is 2.38. The minimum atomic E-state index is -1.44. The van der Waals surface area contributed by atoms with Crippen LogP contribution in [0.4, 0.5) is 0 Å². The van der Waals surface area contributed by atoms with Gasteiger partial charge in [-0.15, -0.1) is 0 Å². The van der Waals surface area contributed by atoms with Gasteiger partial charge in [0.1, 0.15) is 0 Å². The second-order valence-corrected chi connectivity index (χ2v) is 5.95. The molecule has 1 unspecified atom stereocenters. The van der Waals surface area contributed by atoms with E-state index in [1.54, 1.807) is 0 Å². The third-order valence-electron chi connectivity index (χ3n) is 3.77. The molecule has 134 valence electrons. The average Bonchev–Trinajstić information content (AvgIpc) is 2.49. The maximum atomic E-state index is 11.7. The molecule has 2 N–H and O–H groups in total. The molecule has 1 atom stereocenters. The molecule has 0 bridgehead atoms. The van der Waals surface area contributed by atoms with E-state index < -0.39 is 18.0 Å². The van der Waals surface area contributed by atoms with Crippen molar-refractivity contribution in [3.63, 3.8) is 0 Å². The van der Waals surface area contributed by atoms with E-state index in [9.17, 15) is 19.5 Å². The topological polar surface area (TPSA) is 107 Å². The molecular weight excluding hydrogens is 321 g/mol.